The molecule has 2 rings (SSSR count). The van der Waals surface area contributed by atoms with Gasteiger partial charge in [-0.15, -0.1) is 0 Å². The van der Waals surface area contributed by atoms with Gasteiger partial charge in [0.15, 0.2) is 0 Å². The zero-order chi connectivity index (χ0) is 13.2. The molecule has 0 aromatic heterocycles. The zero-order valence-corrected chi connectivity index (χ0v) is 11.5. The van der Waals surface area contributed by atoms with Gasteiger partial charge < -0.3 is 5.32 Å². The number of rotatable bonds is 4. The molecule has 98 valence electrons. The fraction of sp³-hybridized carbons (Fsp3) is 0.533. The number of nitrogens with one attached hydrogen (secondary N) is 1. The largest absolute Gasteiger partial charge is 0.358 e. The molecule has 0 unspecified atom stereocenters. The molecular formula is C15H22N2O. The molecule has 1 aromatic carbocycles. The number of likely N-dealkylation sites (N-methyl/N-ethyl adjacent to an activating group) is 2. The molecule has 1 fully saturated rings. The predicted molar refractivity (Wildman–Crippen MR) is 73.4 cm³/mol. The third kappa shape index (κ3) is 2.27. The highest BCUT2D eigenvalue weighted by molar-refractivity contribution is 5.77. The van der Waals surface area contributed by atoms with E-state index >= 15 is 0 Å². The summed E-state index contributed by atoms with van der Waals surface area (Å²) < 4.78 is 0. The molecule has 1 aromatic rings. The summed E-state index contributed by atoms with van der Waals surface area (Å²) in [6.45, 7) is 2.57. The number of hydrogen-bond acceptors (Lipinski definition) is 2. The van der Waals surface area contributed by atoms with Crippen LogP contribution in [0.5, 0.6) is 0 Å². The molecule has 3 heteroatoms. The minimum atomic E-state index is 0.0697. The van der Waals surface area contributed by atoms with Crippen LogP contribution in [0.25, 0.3) is 0 Å². The lowest BCUT2D eigenvalue weighted by Crippen LogP contribution is -2.52. The van der Waals surface area contributed by atoms with Crippen molar-refractivity contribution in [2.24, 2.45) is 0 Å². The maximum atomic E-state index is 11.5. The van der Waals surface area contributed by atoms with Gasteiger partial charge in [0.1, 0.15) is 0 Å². The first-order valence-electron chi connectivity index (χ1n) is 6.57. The standard InChI is InChI=1S/C15H22N2O/c1-12-5-7-13(8-6-12)15(9-4-10-15)17(3)11-14(18)16-2/h5-8H,4,9-11H2,1-3H3,(H,16,18). The molecule has 0 radical (unpaired) electrons. The van der Waals surface area contributed by atoms with Gasteiger partial charge in [0.25, 0.3) is 0 Å². The van der Waals surface area contributed by atoms with Crippen LogP contribution in [0.2, 0.25) is 0 Å². The highest BCUT2D eigenvalue weighted by Gasteiger charge is 2.42. The molecule has 3 nitrogen and oxygen atoms in total. The van der Waals surface area contributed by atoms with Crippen LogP contribution < -0.4 is 5.32 Å². The van der Waals surface area contributed by atoms with E-state index in [0.29, 0.717) is 6.54 Å². The summed E-state index contributed by atoms with van der Waals surface area (Å²) in [4.78, 5) is 13.7. The first-order chi connectivity index (χ1) is 8.58. The quantitative estimate of drug-likeness (QED) is 0.882. The Hall–Kier alpha value is -1.35. The van der Waals surface area contributed by atoms with Crippen LogP contribution >= 0.6 is 0 Å². The lowest BCUT2D eigenvalue weighted by Gasteiger charge is -2.49. The number of hydrogen-bond donors (Lipinski definition) is 1. The van der Waals surface area contributed by atoms with Crippen molar-refractivity contribution in [3.63, 3.8) is 0 Å². The molecule has 0 saturated heterocycles. The predicted octanol–water partition coefficient (Wildman–Crippen LogP) is 2.05. The van der Waals surface area contributed by atoms with Crippen LogP contribution in [0.15, 0.2) is 24.3 Å². The van der Waals surface area contributed by atoms with Gasteiger partial charge >= 0.3 is 0 Å². The Morgan fingerprint density at radius 2 is 1.94 bits per heavy atom. The molecule has 0 heterocycles. The van der Waals surface area contributed by atoms with Gasteiger partial charge in [0.2, 0.25) is 5.91 Å². The SMILES string of the molecule is CNC(=O)CN(C)C1(c2ccc(C)cc2)CCC1. The molecular weight excluding hydrogens is 224 g/mol. The smallest absolute Gasteiger partial charge is 0.233 e. The highest BCUT2D eigenvalue weighted by Crippen LogP contribution is 2.45. The van der Waals surface area contributed by atoms with E-state index in [1.54, 1.807) is 7.05 Å². The minimum Gasteiger partial charge on any atom is -0.358 e. The van der Waals surface area contributed by atoms with Gasteiger partial charge in [-0.25, -0.2) is 0 Å². The Labute approximate surface area is 109 Å². The minimum absolute atomic E-state index is 0.0697. The summed E-state index contributed by atoms with van der Waals surface area (Å²) in [5.41, 5.74) is 2.69. The zero-order valence-electron chi connectivity index (χ0n) is 11.5. The van der Waals surface area contributed by atoms with Gasteiger partial charge in [-0.3, -0.25) is 9.69 Å². The Balaban J connectivity index is 2.19. The Morgan fingerprint density at radius 3 is 2.39 bits per heavy atom. The molecule has 0 spiro atoms. The van der Waals surface area contributed by atoms with Crippen molar-refractivity contribution in [2.75, 3.05) is 20.6 Å². The Bertz CT molecular complexity index is 421. The lowest BCUT2D eigenvalue weighted by molar-refractivity contribution is -0.124. The number of benzene rings is 1. The maximum Gasteiger partial charge on any atom is 0.233 e. The fourth-order valence-electron chi connectivity index (χ4n) is 2.71. The van der Waals surface area contributed by atoms with E-state index in [1.807, 2.05) is 7.05 Å². The summed E-state index contributed by atoms with van der Waals surface area (Å²) in [7, 11) is 3.74. The normalized spacial score (nSPS) is 17.3. The molecule has 1 saturated carbocycles. The second-order valence-electron chi connectivity index (χ2n) is 5.28. The molecule has 1 amide bonds. The van der Waals surface area contributed by atoms with Crippen molar-refractivity contribution in [1.29, 1.82) is 0 Å². The molecule has 0 bridgehead atoms. The van der Waals surface area contributed by atoms with Crippen molar-refractivity contribution in [3.05, 3.63) is 35.4 Å². The van der Waals surface area contributed by atoms with Crippen LogP contribution in [0, 0.1) is 6.92 Å². The van der Waals surface area contributed by atoms with Gasteiger partial charge in [-0.1, -0.05) is 29.8 Å². The van der Waals surface area contributed by atoms with Crippen LogP contribution in [-0.4, -0.2) is 31.4 Å². The lowest BCUT2D eigenvalue weighted by atomic mass is 9.70. The number of amides is 1. The molecule has 1 N–H and O–H groups in total. The summed E-state index contributed by atoms with van der Waals surface area (Å²) in [6, 6.07) is 8.72. The van der Waals surface area contributed by atoms with Crippen molar-refractivity contribution in [1.82, 2.24) is 10.2 Å². The first-order valence-corrected chi connectivity index (χ1v) is 6.57. The third-order valence-electron chi connectivity index (χ3n) is 4.16. The van der Waals surface area contributed by atoms with Crippen LogP contribution in [-0.2, 0) is 10.3 Å². The average Bonchev–Trinajstić information content (AvgIpc) is 2.30. The van der Waals surface area contributed by atoms with E-state index in [2.05, 4.69) is 41.4 Å². The van der Waals surface area contributed by atoms with Gasteiger partial charge in [0.05, 0.1) is 6.54 Å². The number of carbonyl (C=O) groups excluding carboxylic acids is 1. The van der Waals surface area contributed by atoms with Crippen LogP contribution in [0.3, 0.4) is 0 Å². The summed E-state index contributed by atoms with van der Waals surface area (Å²) >= 11 is 0. The molecule has 1 aliphatic rings. The first kappa shape index (κ1) is 13.1. The monoisotopic (exact) mass is 246 g/mol. The van der Waals surface area contributed by atoms with E-state index in [0.717, 1.165) is 12.8 Å². The van der Waals surface area contributed by atoms with Crippen LogP contribution in [0.4, 0.5) is 0 Å². The second kappa shape index (κ2) is 5.11. The van der Waals surface area contributed by atoms with Crippen molar-refractivity contribution in [3.8, 4) is 0 Å². The molecule has 0 atom stereocenters. The third-order valence-corrected chi connectivity index (χ3v) is 4.16. The topological polar surface area (TPSA) is 32.3 Å². The second-order valence-corrected chi connectivity index (χ2v) is 5.28. The van der Waals surface area contributed by atoms with E-state index in [1.165, 1.54) is 17.5 Å². The van der Waals surface area contributed by atoms with Crippen LogP contribution in [0.1, 0.15) is 30.4 Å². The van der Waals surface area contributed by atoms with E-state index in [9.17, 15) is 4.79 Å². The van der Waals surface area contributed by atoms with E-state index in [4.69, 9.17) is 0 Å². The summed E-state index contributed by atoms with van der Waals surface area (Å²) in [6.07, 6.45) is 3.53. The molecule has 1 aliphatic carbocycles. The maximum absolute atomic E-state index is 11.5. The number of carbonyl (C=O) groups is 1. The fourth-order valence-corrected chi connectivity index (χ4v) is 2.71. The Morgan fingerprint density at radius 1 is 1.33 bits per heavy atom. The summed E-state index contributed by atoms with van der Waals surface area (Å²) in [5, 5.41) is 2.70. The Kier molecular flexibility index (Phi) is 3.71. The summed E-state index contributed by atoms with van der Waals surface area (Å²) in [5.74, 6) is 0.0795. The number of aryl methyl sites for hydroxylation is 1. The van der Waals surface area contributed by atoms with Gasteiger partial charge in [-0.2, -0.15) is 0 Å². The van der Waals surface area contributed by atoms with Gasteiger partial charge in [-0.05, 0) is 38.8 Å². The van der Waals surface area contributed by atoms with E-state index < -0.39 is 0 Å². The molecule has 18 heavy (non-hydrogen) atoms. The highest BCUT2D eigenvalue weighted by atomic mass is 16.1. The van der Waals surface area contributed by atoms with E-state index in [-0.39, 0.29) is 11.4 Å². The van der Waals surface area contributed by atoms with Crippen molar-refractivity contribution < 1.29 is 4.79 Å². The molecule has 0 aliphatic heterocycles. The number of nitrogens with zero attached hydrogens (tertiary/aromatic N) is 1. The van der Waals surface area contributed by atoms with Gasteiger partial charge in [0, 0.05) is 12.6 Å². The van der Waals surface area contributed by atoms with Crippen molar-refractivity contribution >= 4 is 5.91 Å². The van der Waals surface area contributed by atoms with Crippen molar-refractivity contribution in [2.45, 2.75) is 31.7 Å². The average molecular weight is 246 g/mol.